The SMILES string of the molecule is CC(C)(C)OC(=O)NCc1cnc2c(c1)CCCCCC2. The molecule has 4 nitrogen and oxygen atoms in total. The third-order valence-corrected chi connectivity index (χ3v) is 3.56. The first-order valence-corrected chi connectivity index (χ1v) is 7.87. The molecule has 0 aliphatic heterocycles. The van der Waals surface area contributed by atoms with Gasteiger partial charge < -0.3 is 10.1 Å². The number of hydrogen-bond donors (Lipinski definition) is 1. The predicted molar refractivity (Wildman–Crippen MR) is 83.2 cm³/mol. The number of ether oxygens (including phenoxy) is 1. The number of amides is 1. The molecule has 0 fully saturated rings. The maximum atomic E-state index is 11.7. The van der Waals surface area contributed by atoms with E-state index in [1.54, 1.807) is 0 Å². The summed E-state index contributed by atoms with van der Waals surface area (Å²) in [5, 5.41) is 2.79. The number of nitrogens with one attached hydrogen (secondary N) is 1. The minimum absolute atomic E-state index is 0.380. The number of carbonyl (C=O) groups is 1. The van der Waals surface area contributed by atoms with Gasteiger partial charge in [0.15, 0.2) is 0 Å². The minimum Gasteiger partial charge on any atom is -0.444 e. The maximum absolute atomic E-state index is 11.7. The largest absolute Gasteiger partial charge is 0.444 e. The molecule has 4 heteroatoms. The summed E-state index contributed by atoms with van der Waals surface area (Å²) in [4.78, 5) is 16.2. The van der Waals surface area contributed by atoms with E-state index in [0.717, 1.165) is 18.4 Å². The highest BCUT2D eigenvalue weighted by atomic mass is 16.6. The van der Waals surface area contributed by atoms with Crippen molar-refractivity contribution in [3.05, 3.63) is 29.1 Å². The summed E-state index contributed by atoms with van der Waals surface area (Å²) in [5.74, 6) is 0. The standard InChI is InChI=1S/C17H26N2O2/c1-17(2,3)21-16(20)19-12-13-10-14-8-6-4-5-7-9-15(14)18-11-13/h10-11H,4-9,12H2,1-3H3,(H,19,20). The van der Waals surface area contributed by atoms with Crippen molar-refractivity contribution in [1.29, 1.82) is 0 Å². The number of rotatable bonds is 2. The normalized spacial score (nSPS) is 15.6. The average Bonchev–Trinajstić information content (AvgIpc) is 2.35. The second kappa shape index (κ2) is 6.92. The fourth-order valence-electron chi connectivity index (χ4n) is 2.58. The van der Waals surface area contributed by atoms with Gasteiger partial charge in [-0.05, 0) is 57.6 Å². The summed E-state index contributed by atoms with van der Waals surface area (Å²) in [6, 6.07) is 2.19. The lowest BCUT2D eigenvalue weighted by atomic mass is 9.96. The van der Waals surface area contributed by atoms with Gasteiger partial charge in [0.1, 0.15) is 5.60 Å². The predicted octanol–water partition coefficient (Wildman–Crippen LogP) is 3.77. The van der Waals surface area contributed by atoms with Crippen LogP contribution in [0.3, 0.4) is 0 Å². The summed E-state index contributed by atoms with van der Waals surface area (Å²) < 4.78 is 5.24. The molecule has 2 rings (SSSR count). The molecule has 21 heavy (non-hydrogen) atoms. The highest BCUT2D eigenvalue weighted by molar-refractivity contribution is 5.67. The Kier molecular flexibility index (Phi) is 5.21. The molecule has 1 heterocycles. The second-order valence-corrected chi connectivity index (χ2v) is 6.72. The minimum atomic E-state index is -0.464. The topological polar surface area (TPSA) is 51.2 Å². The monoisotopic (exact) mass is 290 g/mol. The van der Waals surface area contributed by atoms with E-state index < -0.39 is 5.60 Å². The molecule has 1 aliphatic rings. The first-order chi connectivity index (χ1) is 9.94. The quantitative estimate of drug-likeness (QED) is 0.902. The molecule has 0 bridgehead atoms. The zero-order valence-electron chi connectivity index (χ0n) is 13.4. The van der Waals surface area contributed by atoms with Crippen molar-refractivity contribution in [2.45, 2.75) is 71.4 Å². The summed E-state index contributed by atoms with van der Waals surface area (Å²) >= 11 is 0. The molecule has 1 aromatic rings. The van der Waals surface area contributed by atoms with Crippen molar-refractivity contribution in [2.75, 3.05) is 0 Å². The van der Waals surface area contributed by atoms with Gasteiger partial charge in [0.05, 0.1) is 0 Å². The van der Waals surface area contributed by atoms with Crippen molar-refractivity contribution >= 4 is 6.09 Å². The Balaban J connectivity index is 1.95. The van der Waals surface area contributed by atoms with E-state index >= 15 is 0 Å². The van der Waals surface area contributed by atoms with Gasteiger partial charge in [-0.2, -0.15) is 0 Å². The Morgan fingerprint density at radius 1 is 1.24 bits per heavy atom. The van der Waals surface area contributed by atoms with Gasteiger partial charge in [-0.1, -0.05) is 18.9 Å². The van der Waals surface area contributed by atoms with Gasteiger partial charge in [0.25, 0.3) is 0 Å². The van der Waals surface area contributed by atoms with Gasteiger partial charge in [0, 0.05) is 18.4 Å². The van der Waals surface area contributed by atoms with E-state index in [-0.39, 0.29) is 6.09 Å². The average molecular weight is 290 g/mol. The lowest BCUT2D eigenvalue weighted by Gasteiger charge is -2.20. The number of hydrogen-bond acceptors (Lipinski definition) is 3. The first kappa shape index (κ1) is 15.8. The number of alkyl carbamates (subject to hydrolysis) is 1. The van der Waals surface area contributed by atoms with E-state index in [1.807, 2.05) is 27.0 Å². The molecule has 0 saturated carbocycles. The van der Waals surface area contributed by atoms with Crippen LogP contribution in [0.15, 0.2) is 12.3 Å². The zero-order chi connectivity index (χ0) is 15.3. The Hall–Kier alpha value is -1.58. The molecule has 0 aromatic carbocycles. The van der Waals surface area contributed by atoms with Crippen molar-refractivity contribution in [1.82, 2.24) is 10.3 Å². The maximum Gasteiger partial charge on any atom is 0.407 e. The molecule has 0 unspecified atom stereocenters. The number of nitrogens with zero attached hydrogens (tertiary/aromatic N) is 1. The molecule has 1 aromatic heterocycles. The number of fused-ring (bicyclic) bond motifs is 1. The highest BCUT2D eigenvalue weighted by Gasteiger charge is 2.16. The lowest BCUT2D eigenvalue weighted by molar-refractivity contribution is 0.0523. The molecule has 1 aliphatic carbocycles. The van der Waals surface area contributed by atoms with Gasteiger partial charge in [-0.15, -0.1) is 0 Å². The Morgan fingerprint density at radius 2 is 1.95 bits per heavy atom. The highest BCUT2D eigenvalue weighted by Crippen LogP contribution is 2.19. The van der Waals surface area contributed by atoms with Gasteiger partial charge in [-0.3, -0.25) is 4.98 Å². The molecule has 0 atom stereocenters. The number of aromatic nitrogens is 1. The van der Waals surface area contributed by atoms with Crippen LogP contribution in [-0.4, -0.2) is 16.7 Å². The summed E-state index contributed by atoms with van der Waals surface area (Å²) in [5.41, 5.74) is 3.16. The van der Waals surface area contributed by atoms with Crippen LogP contribution in [0.1, 0.15) is 63.3 Å². The van der Waals surface area contributed by atoms with Crippen molar-refractivity contribution in [3.63, 3.8) is 0 Å². The van der Waals surface area contributed by atoms with Crippen LogP contribution in [0.25, 0.3) is 0 Å². The molecule has 116 valence electrons. The van der Waals surface area contributed by atoms with Crippen molar-refractivity contribution in [2.24, 2.45) is 0 Å². The number of pyridine rings is 1. The van der Waals surface area contributed by atoms with Crippen LogP contribution < -0.4 is 5.32 Å². The zero-order valence-corrected chi connectivity index (χ0v) is 13.4. The first-order valence-electron chi connectivity index (χ1n) is 7.87. The molecule has 0 saturated heterocycles. The lowest BCUT2D eigenvalue weighted by Crippen LogP contribution is -2.32. The molecule has 0 radical (unpaired) electrons. The number of carbonyl (C=O) groups excluding carboxylic acids is 1. The van der Waals surface area contributed by atoms with E-state index in [1.165, 1.54) is 36.9 Å². The smallest absolute Gasteiger partial charge is 0.407 e. The van der Waals surface area contributed by atoms with Crippen molar-refractivity contribution in [3.8, 4) is 0 Å². The fraction of sp³-hybridized carbons (Fsp3) is 0.647. The Labute approximate surface area is 127 Å². The molecule has 0 spiro atoms. The summed E-state index contributed by atoms with van der Waals surface area (Å²) in [6.45, 7) is 6.05. The van der Waals surface area contributed by atoms with Gasteiger partial charge in [0.2, 0.25) is 0 Å². The Morgan fingerprint density at radius 3 is 2.67 bits per heavy atom. The van der Waals surface area contributed by atoms with Crippen LogP contribution in [0.4, 0.5) is 4.79 Å². The van der Waals surface area contributed by atoms with Crippen LogP contribution in [-0.2, 0) is 24.1 Å². The summed E-state index contributed by atoms with van der Waals surface area (Å²) in [7, 11) is 0. The van der Waals surface area contributed by atoms with E-state index in [0.29, 0.717) is 6.54 Å². The van der Waals surface area contributed by atoms with E-state index in [2.05, 4.69) is 16.4 Å². The third kappa shape index (κ3) is 5.37. The third-order valence-electron chi connectivity index (χ3n) is 3.56. The molecule has 1 amide bonds. The van der Waals surface area contributed by atoms with Crippen LogP contribution in [0.5, 0.6) is 0 Å². The molecular formula is C17H26N2O2. The summed E-state index contributed by atoms with van der Waals surface area (Å²) in [6.07, 6.45) is 8.75. The van der Waals surface area contributed by atoms with Crippen molar-refractivity contribution < 1.29 is 9.53 Å². The molecule has 1 N–H and O–H groups in total. The van der Waals surface area contributed by atoms with E-state index in [4.69, 9.17) is 4.74 Å². The van der Waals surface area contributed by atoms with Crippen LogP contribution >= 0.6 is 0 Å². The van der Waals surface area contributed by atoms with Crippen LogP contribution in [0.2, 0.25) is 0 Å². The van der Waals surface area contributed by atoms with Gasteiger partial charge in [-0.25, -0.2) is 4.79 Å². The van der Waals surface area contributed by atoms with E-state index in [9.17, 15) is 4.79 Å². The second-order valence-electron chi connectivity index (χ2n) is 6.72. The number of aryl methyl sites for hydroxylation is 2. The van der Waals surface area contributed by atoms with Crippen LogP contribution in [0, 0.1) is 0 Å². The molecular weight excluding hydrogens is 264 g/mol. The van der Waals surface area contributed by atoms with Gasteiger partial charge >= 0.3 is 6.09 Å². The fourth-order valence-corrected chi connectivity index (χ4v) is 2.58. The Bertz CT molecular complexity index is 492.